The predicted molar refractivity (Wildman–Crippen MR) is 136 cm³/mol. The molecule has 34 heavy (non-hydrogen) atoms. The van der Waals surface area contributed by atoms with E-state index in [0.717, 1.165) is 15.6 Å². The van der Waals surface area contributed by atoms with Gasteiger partial charge in [-0.1, -0.05) is 55.8 Å². The summed E-state index contributed by atoms with van der Waals surface area (Å²) in [6.07, 6.45) is 0.699. The molecule has 1 atom stereocenters. The quantitative estimate of drug-likeness (QED) is 0.401. The molecule has 0 aromatic heterocycles. The van der Waals surface area contributed by atoms with Crippen LogP contribution in [0.1, 0.15) is 31.9 Å². The minimum Gasteiger partial charge on any atom is -0.497 e. The average Bonchev–Trinajstić information content (AvgIpc) is 2.83. The number of methoxy groups -OCH3 is 1. The third kappa shape index (κ3) is 6.52. The summed E-state index contributed by atoms with van der Waals surface area (Å²) in [7, 11) is -2.38. The van der Waals surface area contributed by atoms with Crippen LogP contribution in [0.2, 0.25) is 5.02 Å². The molecule has 0 saturated heterocycles. The van der Waals surface area contributed by atoms with Gasteiger partial charge in [0.2, 0.25) is 5.91 Å². The Morgan fingerprint density at radius 2 is 1.59 bits per heavy atom. The van der Waals surface area contributed by atoms with Crippen LogP contribution >= 0.6 is 11.6 Å². The third-order valence-electron chi connectivity index (χ3n) is 5.29. The molecule has 0 spiro atoms. The zero-order valence-corrected chi connectivity index (χ0v) is 21.0. The fourth-order valence-corrected chi connectivity index (χ4v) is 5.17. The molecule has 3 rings (SSSR count). The van der Waals surface area contributed by atoms with Gasteiger partial charge in [0.1, 0.15) is 12.3 Å². The lowest BCUT2D eigenvalue weighted by Crippen LogP contribution is -2.42. The van der Waals surface area contributed by atoms with E-state index in [4.69, 9.17) is 16.3 Å². The molecule has 0 aliphatic rings. The molecule has 1 amide bonds. The summed E-state index contributed by atoms with van der Waals surface area (Å²) in [4.78, 5) is 13.3. The highest BCUT2D eigenvalue weighted by atomic mass is 35.5. The molecular formula is C26H29ClN2O4S. The van der Waals surface area contributed by atoms with Crippen molar-refractivity contribution < 1.29 is 17.9 Å². The zero-order chi connectivity index (χ0) is 24.7. The Labute approximate surface area is 206 Å². The number of amides is 1. The Morgan fingerprint density at radius 3 is 2.15 bits per heavy atom. The fourth-order valence-electron chi connectivity index (χ4n) is 3.60. The molecule has 0 saturated carbocycles. The van der Waals surface area contributed by atoms with Gasteiger partial charge in [0.25, 0.3) is 10.0 Å². The van der Waals surface area contributed by atoms with Crippen molar-refractivity contribution in [1.29, 1.82) is 0 Å². The summed E-state index contributed by atoms with van der Waals surface area (Å²) in [5.74, 6) is 0.630. The van der Waals surface area contributed by atoms with E-state index >= 15 is 0 Å². The monoisotopic (exact) mass is 500 g/mol. The third-order valence-corrected chi connectivity index (χ3v) is 7.33. The van der Waals surface area contributed by atoms with Crippen molar-refractivity contribution in [2.24, 2.45) is 5.92 Å². The lowest BCUT2D eigenvalue weighted by molar-refractivity contribution is -0.120. The van der Waals surface area contributed by atoms with E-state index in [9.17, 15) is 13.2 Å². The standard InChI is InChI=1S/C26H29ClN2O4S/c1-19(2)17-25(20-9-15-23(33-3)16-10-20)28-26(30)18-29(22-13-11-21(27)12-14-22)34(31,32)24-7-5-4-6-8-24/h4-16,19,25H,17-18H2,1-3H3,(H,28,30)/t25-/m1/s1. The number of nitrogens with zero attached hydrogens (tertiary/aromatic N) is 1. The molecular weight excluding hydrogens is 472 g/mol. The molecule has 3 aromatic rings. The molecule has 0 aliphatic heterocycles. The molecule has 0 bridgehead atoms. The van der Waals surface area contributed by atoms with Crippen LogP contribution in [0.4, 0.5) is 5.69 Å². The number of sulfonamides is 1. The van der Waals surface area contributed by atoms with Gasteiger partial charge in [0, 0.05) is 5.02 Å². The number of hydrogen-bond acceptors (Lipinski definition) is 4. The second kappa shape index (κ2) is 11.4. The predicted octanol–water partition coefficient (Wildman–Crippen LogP) is 5.45. The van der Waals surface area contributed by atoms with Gasteiger partial charge in [-0.05, 0) is 66.4 Å². The highest BCUT2D eigenvalue weighted by Crippen LogP contribution is 2.27. The Morgan fingerprint density at radius 1 is 0.971 bits per heavy atom. The molecule has 0 radical (unpaired) electrons. The van der Waals surface area contributed by atoms with E-state index < -0.39 is 15.9 Å². The Hall–Kier alpha value is -3.03. The fraction of sp³-hybridized carbons (Fsp3) is 0.269. The first-order valence-corrected chi connectivity index (χ1v) is 12.8. The van der Waals surface area contributed by atoms with Gasteiger partial charge in [-0.15, -0.1) is 0 Å². The molecule has 1 N–H and O–H groups in total. The van der Waals surface area contributed by atoms with Crippen LogP contribution in [-0.2, 0) is 14.8 Å². The van der Waals surface area contributed by atoms with Crippen molar-refractivity contribution >= 4 is 33.2 Å². The molecule has 0 fully saturated rings. The van der Waals surface area contributed by atoms with Gasteiger partial charge >= 0.3 is 0 Å². The van der Waals surface area contributed by atoms with E-state index in [1.165, 1.54) is 12.1 Å². The lowest BCUT2D eigenvalue weighted by Gasteiger charge is -2.26. The average molecular weight is 501 g/mol. The Bertz CT molecular complexity index is 1180. The topological polar surface area (TPSA) is 75.7 Å². The molecule has 0 unspecified atom stereocenters. The molecule has 8 heteroatoms. The van der Waals surface area contributed by atoms with E-state index in [1.54, 1.807) is 49.6 Å². The van der Waals surface area contributed by atoms with Crippen molar-refractivity contribution in [2.45, 2.75) is 31.2 Å². The van der Waals surface area contributed by atoms with Gasteiger partial charge < -0.3 is 10.1 Å². The minimum atomic E-state index is -3.98. The zero-order valence-electron chi connectivity index (χ0n) is 19.4. The maximum atomic E-state index is 13.5. The Balaban J connectivity index is 1.89. The van der Waals surface area contributed by atoms with Crippen molar-refractivity contribution in [3.63, 3.8) is 0 Å². The normalized spacial score (nSPS) is 12.3. The van der Waals surface area contributed by atoms with E-state index in [2.05, 4.69) is 19.2 Å². The van der Waals surface area contributed by atoms with Crippen LogP contribution in [0, 0.1) is 5.92 Å². The van der Waals surface area contributed by atoms with Gasteiger partial charge in [-0.3, -0.25) is 9.10 Å². The number of nitrogens with one attached hydrogen (secondary N) is 1. The number of hydrogen-bond donors (Lipinski definition) is 1. The summed E-state index contributed by atoms with van der Waals surface area (Å²) in [6.45, 7) is 3.77. The van der Waals surface area contributed by atoms with Crippen LogP contribution in [-0.4, -0.2) is 28.0 Å². The number of anilines is 1. The first kappa shape index (κ1) is 25.6. The molecule has 180 valence electrons. The van der Waals surface area contributed by atoms with Crippen LogP contribution in [0.5, 0.6) is 5.75 Å². The second-order valence-corrected chi connectivity index (χ2v) is 10.6. The van der Waals surface area contributed by atoms with E-state index in [0.29, 0.717) is 23.0 Å². The Kier molecular flexibility index (Phi) is 8.58. The molecule has 3 aromatic carbocycles. The first-order valence-electron chi connectivity index (χ1n) is 11.0. The molecule has 0 aliphatic carbocycles. The van der Waals surface area contributed by atoms with E-state index in [1.807, 2.05) is 24.3 Å². The van der Waals surface area contributed by atoms with Crippen LogP contribution in [0.15, 0.2) is 83.8 Å². The van der Waals surface area contributed by atoms with Gasteiger partial charge in [-0.2, -0.15) is 0 Å². The summed E-state index contributed by atoms with van der Waals surface area (Å²) in [5.41, 5.74) is 1.28. The van der Waals surface area contributed by atoms with Crippen LogP contribution in [0.3, 0.4) is 0 Å². The largest absolute Gasteiger partial charge is 0.497 e. The number of halogens is 1. The molecule has 6 nitrogen and oxygen atoms in total. The maximum Gasteiger partial charge on any atom is 0.264 e. The first-order chi connectivity index (χ1) is 16.2. The maximum absolute atomic E-state index is 13.5. The number of carbonyl (C=O) groups excluding carboxylic acids is 1. The summed E-state index contributed by atoms with van der Waals surface area (Å²) < 4.78 is 33.2. The number of benzene rings is 3. The van der Waals surface area contributed by atoms with E-state index in [-0.39, 0.29) is 17.5 Å². The van der Waals surface area contributed by atoms with Crippen molar-refractivity contribution in [3.8, 4) is 5.75 Å². The minimum absolute atomic E-state index is 0.103. The summed E-state index contributed by atoms with van der Waals surface area (Å²) in [6, 6.07) is 21.7. The smallest absolute Gasteiger partial charge is 0.264 e. The summed E-state index contributed by atoms with van der Waals surface area (Å²) >= 11 is 6.00. The number of ether oxygens (including phenoxy) is 1. The van der Waals surface area contributed by atoms with Crippen molar-refractivity contribution in [3.05, 3.63) is 89.4 Å². The molecule has 0 heterocycles. The van der Waals surface area contributed by atoms with Crippen molar-refractivity contribution in [1.82, 2.24) is 5.32 Å². The van der Waals surface area contributed by atoms with Crippen LogP contribution < -0.4 is 14.4 Å². The van der Waals surface area contributed by atoms with Gasteiger partial charge in [0.05, 0.1) is 23.7 Å². The second-order valence-electron chi connectivity index (χ2n) is 8.32. The number of rotatable bonds is 10. The summed E-state index contributed by atoms with van der Waals surface area (Å²) in [5, 5.41) is 3.50. The van der Waals surface area contributed by atoms with Crippen molar-refractivity contribution in [2.75, 3.05) is 18.0 Å². The lowest BCUT2D eigenvalue weighted by atomic mass is 9.97. The highest BCUT2D eigenvalue weighted by molar-refractivity contribution is 7.92. The number of carbonyl (C=O) groups is 1. The SMILES string of the molecule is COc1ccc([C@@H](CC(C)C)NC(=O)CN(c2ccc(Cl)cc2)S(=O)(=O)c2ccccc2)cc1. The van der Waals surface area contributed by atoms with Gasteiger partial charge in [-0.25, -0.2) is 8.42 Å². The van der Waals surface area contributed by atoms with Crippen LogP contribution in [0.25, 0.3) is 0 Å². The van der Waals surface area contributed by atoms with Gasteiger partial charge in [0.15, 0.2) is 0 Å². The highest BCUT2D eigenvalue weighted by Gasteiger charge is 2.28.